The van der Waals surface area contributed by atoms with Crippen LogP contribution in [0.1, 0.15) is 58.9 Å². The minimum Gasteiger partial charge on any atom is -0.507 e. The van der Waals surface area contributed by atoms with Crippen molar-refractivity contribution in [3.8, 4) is 11.5 Å². The third kappa shape index (κ3) is 4.86. The van der Waals surface area contributed by atoms with Gasteiger partial charge < -0.3 is 14.6 Å². The van der Waals surface area contributed by atoms with Gasteiger partial charge in [0.05, 0.1) is 35.4 Å². The summed E-state index contributed by atoms with van der Waals surface area (Å²) in [5.41, 5.74) is 2.31. The maximum atomic E-state index is 13.4. The number of hydrogen-bond donors (Lipinski definition) is 1. The lowest BCUT2D eigenvalue weighted by molar-refractivity contribution is -0.132. The maximum Gasteiger partial charge on any atom is 0.301 e. The molecule has 0 saturated carbocycles. The number of benzene rings is 2. The molecule has 37 heavy (non-hydrogen) atoms. The average molecular weight is 521 g/mol. The van der Waals surface area contributed by atoms with Crippen LogP contribution in [0.2, 0.25) is 0 Å². The molecule has 1 aliphatic rings. The van der Waals surface area contributed by atoms with E-state index < -0.39 is 17.7 Å². The Bertz CT molecular complexity index is 1410. The predicted octanol–water partition coefficient (Wildman–Crippen LogP) is 5.39. The lowest BCUT2D eigenvalue weighted by Gasteiger charge is -2.24. The molecule has 0 radical (unpaired) electrons. The number of carbonyl (C=O) groups is 3. The quantitative estimate of drug-likeness (QED) is 0.184. The Morgan fingerprint density at radius 2 is 1.68 bits per heavy atom. The van der Waals surface area contributed by atoms with Crippen molar-refractivity contribution in [2.75, 3.05) is 18.1 Å². The summed E-state index contributed by atoms with van der Waals surface area (Å²) in [5, 5.41) is 11.5. The summed E-state index contributed by atoms with van der Waals surface area (Å²) in [7, 11) is 0. The molecule has 1 N–H and O–H groups in total. The number of hydrogen-bond acceptors (Lipinski definition) is 8. The molecule has 4 rings (SSSR count). The molecule has 1 atom stereocenters. The summed E-state index contributed by atoms with van der Waals surface area (Å²) < 4.78 is 11.5. The van der Waals surface area contributed by atoms with Crippen molar-refractivity contribution in [1.82, 2.24) is 4.98 Å². The van der Waals surface area contributed by atoms with Gasteiger partial charge >= 0.3 is 5.91 Å². The van der Waals surface area contributed by atoms with Gasteiger partial charge in [0, 0.05) is 12.5 Å². The van der Waals surface area contributed by atoms with E-state index >= 15 is 0 Å². The molecular formula is C28H28N2O6S. The zero-order valence-electron chi connectivity index (χ0n) is 21.3. The van der Waals surface area contributed by atoms with E-state index in [1.165, 1.54) is 11.8 Å². The standard InChI is InChI=1S/C28H28N2O6S/c1-6-35-20-13-12-19(14-21(20)36-7-2)23-22(24(32)18-10-8-15(3)9-11-18)25(33)27(34)30(23)28-29-16(4)26(37-28)17(5)31/h8-14,23,32H,6-7H2,1-5H3. The molecule has 1 amide bonds. The van der Waals surface area contributed by atoms with Gasteiger partial charge in [-0.25, -0.2) is 4.98 Å². The maximum absolute atomic E-state index is 13.4. The summed E-state index contributed by atoms with van der Waals surface area (Å²) >= 11 is 1.04. The number of aliphatic hydroxyl groups excluding tert-OH is 1. The third-order valence-electron chi connectivity index (χ3n) is 5.96. The van der Waals surface area contributed by atoms with Gasteiger partial charge in [0.1, 0.15) is 5.76 Å². The number of nitrogens with zero attached hydrogens (tertiary/aromatic N) is 2. The van der Waals surface area contributed by atoms with E-state index in [4.69, 9.17) is 9.47 Å². The van der Waals surface area contributed by atoms with Crippen LogP contribution >= 0.6 is 11.3 Å². The second-order valence-corrected chi connectivity index (χ2v) is 9.55. The minimum atomic E-state index is -0.999. The van der Waals surface area contributed by atoms with Crippen LogP contribution in [-0.4, -0.2) is 40.8 Å². The summed E-state index contributed by atoms with van der Waals surface area (Å²) in [6, 6.07) is 11.2. The fraction of sp³-hybridized carbons (Fsp3) is 0.286. The molecule has 192 valence electrons. The van der Waals surface area contributed by atoms with E-state index in [1.54, 1.807) is 37.3 Å². The molecule has 1 saturated heterocycles. The SMILES string of the molecule is CCOc1ccc(C2C(=C(O)c3ccc(C)cc3)C(=O)C(=O)N2c2nc(C)c(C(C)=O)s2)cc1OCC. The summed E-state index contributed by atoms with van der Waals surface area (Å²) in [4.78, 5) is 45.0. The van der Waals surface area contributed by atoms with Crippen LogP contribution in [0, 0.1) is 13.8 Å². The van der Waals surface area contributed by atoms with E-state index in [2.05, 4.69) is 4.98 Å². The lowest BCUT2D eigenvalue weighted by Crippen LogP contribution is -2.29. The fourth-order valence-corrected chi connectivity index (χ4v) is 5.25. The first kappa shape index (κ1) is 26.1. The van der Waals surface area contributed by atoms with Crippen molar-refractivity contribution in [3.05, 3.63) is 75.3 Å². The van der Waals surface area contributed by atoms with Gasteiger partial charge in [-0.3, -0.25) is 19.3 Å². The van der Waals surface area contributed by atoms with Crippen LogP contribution in [0.4, 0.5) is 5.13 Å². The predicted molar refractivity (Wildman–Crippen MR) is 142 cm³/mol. The van der Waals surface area contributed by atoms with Crippen molar-refractivity contribution in [1.29, 1.82) is 0 Å². The molecule has 8 nitrogen and oxygen atoms in total. The van der Waals surface area contributed by atoms with Crippen molar-refractivity contribution in [2.45, 2.75) is 40.7 Å². The number of amides is 1. The molecule has 0 bridgehead atoms. The lowest BCUT2D eigenvalue weighted by atomic mass is 9.95. The molecule has 0 aliphatic carbocycles. The second-order valence-electron chi connectivity index (χ2n) is 8.57. The molecule has 1 aliphatic heterocycles. The Kier molecular flexibility index (Phi) is 7.45. The number of ether oxygens (including phenoxy) is 2. The molecule has 2 aromatic carbocycles. The Balaban J connectivity index is 1.96. The van der Waals surface area contributed by atoms with Crippen molar-refractivity contribution >= 4 is 39.7 Å². The van der Waals surface area contributed by atoms with Gasteiger partial charge in [-0.05, 0) is 45.4 Å². The van der Waals surface area contributed by atoms with Gasteiger partial charge in [-0.1, -0.05) is 47.2 Å². The van der Waals surface area contributed by atoms with Gasteiger partial charge in [0.15, 0.2) is 22.4 Å². The Morgan fingerprint density at radius 1 is 1.03 bits per heavy atom. The van der Waals surface area contributed by atoms with Crippen molar-refractivity contribution in [2.24, 2.45) is 0 Å². The summed E-state index contributed by atoms with van der Waals surface area (Å²) in [5.74, 6) is -1.19. The van der Waals surface area contributed by atoms with E-state index in [1.807, 2.05) is 32.9 Å². The van der Waals surface area contributed by atoms with Crippen LogP contribution in [0.5, 0.6) is 11.5 Å². The summed E-state index contributed by atoms with van der Waals surface area (Å²) in [6.45, 7) is 9.52. The number of thiazole rings is 1. The molecule has 9 heteroatoms. The van der Waals surface area contributed by atoms with Crippen LogP contribution in [0.15, 0.2) is 48.0 Å². The third-order valence-corrected chi connectivity index (χ3v) is 7.22. The van der Waals surface area contributed by atoms with Crippen molar-refractivity contribution < 1.29 is 29.0 Å². The van der Waals surface area contributed by atoms with Gasteiger partial charge in [0.25, 0.3) is 5.78 Å². The van der Waals surface area contributed by atoms with Gasteiger partial charge in [-0.2, -0.15) is 0 Å². The molecule has 0 spiro atoms. The van der Waals surface area contributed by atoms with Gasteiger partial charge in [0.2, 0.25) is 0 Å². The Hall–Kier alpha value is -3.98. The fourth-order valence-electron chi connectivity index (χ4n) is 4.26. The number of Topliss-reactive ketones (excluding diaryl/α,β-unsaturated/α-hetero) is 2. The number of aromatic nitrogens is 1. The molecule has 2 heterocycles. The number of ketones is 2. The highest BCUT2D eigenvalue weighted by Crippen LogP contribution is 2.45. The van der Waals surface area contributed by atoms with Gasteiger partial charge in [-0.15, -0.1) is 0 Å². The van der Waals surface area contributed by atoms with E-state index in [0.29, 0.717) is 46.4 Å². The van der Waals surface area contributed by atoms with Crippen LogP contribution in [-0.2, 0) is 9.59 Å². The monoisotopic (exact) mass is 520 g/mol. The summed E-state index contributed by atoms with van der Waals surface area (Å²) in [6.07, 6.45) is 0. The minimum absolute atomic E-state index is 0.0716. The normalized spacial score (nSPS) is 16.8. The first-order valence-corrected chi connectivity index (χ1v) is 12.7. The number of anilines is 1. The molecule has 1 unspecified atom stereocenters. The smallest absolute Gasteiger partial charge is 0.301 e. The highest BCUT2D eigenvalue weighted by molar-refractivity contribution is 7.18. The number of aliphatic hydroxyl groups is 1. The first-order chi connectivity index (χ1) is 17.7. The number of aryl methyl sites for hydroxylation is 2. The second kappa shape index (κ2) is 10.6. The molecule has 1 fully saturated rings. The zero-order chi connectivity index (χ0) is 26.9. The first-order valence-electron chi connectivity index (χ1n) is 11.9. The molecular weight excluding hydrogens is 492 g/mol. The molecule has 1 aromatic heterocycles. The topological polar surface area (TPSA) is 106 Å². The Morgan fingerprint density at radius 3 is 2.27 bits per heavy atom. The largest absolute Gasteiger partial charge is 0.507 e. The van der Waals surface area contributed by atoms with Crippen LogP contribution in [0.3, 0.4) is 0 Å². The van der Waals surface area contributed by atoms with E-state index in [-0.39, 0.29) is 22.2 Å². The Labute approximate surface area is 219 Å². The van der Waals surface area contributed by atoms with Crippen molar-refractivity contribution in [3.63, 3.8) is 0 Å². The van der Waals surface area contributed by atoms with Crippen LogP contribution < -0.4 is 14.4 Å². The molecule has 3 aromatic rings. The van der Waals surface area contributed by atoms with E-state index in [0.717, 1.165) is 16.9 Å². The average Bonchev–Trinajstić information content (AvgIpc) is 3.37. The van der Waals surface area contributed by atoms with Crippen LogP contribution in [0.25, 0.3) is 5.76 Å². The van der Waals surface area contributed by atoms with E-state index in [9.17, 15) is 19.5 Å². The highest BCUT2D eigenvalue weighted by atomic mass is 32.1. The number of carbonyl (C=O) groups excluding carboxylic acids is 3. The number of rotatable bonds is 8. The highest BCUT2D eigenvalue weighted by Gasteiger charge is 2.48. The zero-order valence-corrected chi connectivity index (χ0v) is 22.1.